The van der Waals surface area contributed by atoms with E-state index in [1.807, 2.05) is 6.92 Å². The van der Waals surface area contributed by atoms with Crippen LogP contribution in [0.3, 0.4) is 0 Å². The lowest BCUT2D eigenvalue weighted by molar-refractivity contribution is -0.137. The number of rotatable bonds is 9. The second-order valence-corrected chi connectivity index (χ2v) is 7.83. The van der Waals surface area contributed by atoms with Crippen molar-refractivity contribution in [3.05, 3.63) is 59.1 Å². The van der Waals surface area contributed by atoms with Gasteiger partial charge in [-0.1, -0.05) is 18.2 Å². The molecule has 7 nitrogen and oxygen atoms in total. The smallest absolute Gasteiger partial charge is 0.305 e. The van der Waals surface area contributed by atoms with E-state index in [2.05, 4.69) is 33.4 Å². The third-order valence-corrected chi connectivity index (χ3v) is 5.29. The van der Waals surface area contributed by atoms with Crippen molar-refractivity contribution in [1.29, 1.82) is 0 Å². The van der Waals surface area contributed by atoms with Gasteiger partial charge in [0, 0.05) is 24.7 Å². The average molecular weight is 416 g/mol. The molecule has 0 bridgehead atoms. The molecule has 2 unspecified atom stereocenters. The zero-order valence-corrected chi connectivity index (χ0v) is 17.1. The van der Waals surface area contributed by atoms with Crippen LogP contribution in [-0.4, -0.2) is 42.3 Å². The van der Waals surface area contributed by atoms with Crippen LogP contribution in [0.4, 0.5) is 4.39 Å². The summed E-state index contributed by atoms with van der Waals surface area (Å²) >= 11 is 0. The van der Waals surface area contributed by atoms with Gasteiger partial charge in [-0.05, 0) is 55.7 Å². The quantitative estimate of drug-likeness (QED) is 0.422. The molecule has 2 aliphatic rings. The number of hydrogen-bond acceptors (Lipinski definition) is 5. The van der Waals surface area contributed by atoms with E-state index < -0.39 is 17.8 Å². The molecular weight excluding hydrogens is 387 g/mol. The second kappa shape index (κ2) is 10.4. The van der Waals surface area contributed by atoms with Gasteiger partial charge in [0.05, 0.1) is 18.6 Å². The summed E-state index contributed by atoms with van der Waals surface area (Å²) in [4.78, 5) is 23.6. The third kappa shape index (κ3) is 6.40. The van der Waals surface area contributed by atoms with Crippen molar-refractivity contribution in [2.75, 3.05) is 13.1 Å². The summed E-state index contributed by atoms with van der Waals surface area (Å²) in [6, 6.07) is 4.75. The predicted molar refractivity (Wildman–Crippen MR) is 112 cm³/mol. The lowest BCUT2D eigenvalue weighted by Crippen LogP contribution is -2.49. The van der Waals surface area contributed by atoms with Crippen LogP contribution in [0.5, 0.6) is 0 Å². The van der Waals surface area contributed by atoms with Gasteiger partial charge in [-0.2, -0.15) is 0 Å². The van der Waals surface area contributed by atoms with Crippen molar-refractivity contribution in [3.8, 4) is 0 Å². The van der Waals surface area contributed by atoms with Crippen molar-refractivity contribution < 1.29 is 19.1 Å². The molecule has 0 aliphatic carbocycles. The highest BCUT2D eigenvalue weighted by atomic mass is 19.1. The maximum Gasteiger partial charge on any atom is 0.305 e. The number of piperidine rings is 1. The summed E-state index contributed by atoms with van der Waals surface area (Å²) in [5.74, 6) is -1.81. The molecule has 5 N–H and O–H groups in total. The molecule has 8 heteroatoms. The molecule has 162 valence electrons. The molecule has 0 radical (unpaired) electrons. The molecule has 1 aromatic rings. The number of benzene rings is 1. The standard InChI is InChI=1S/C22H29FN4O3/c1-14(25-13-18-8-7-15-5-3-9-24-22(15)26-18)10-20(28)27-19(12-21(29)30)16-4-2-6-17(23)11-16/h2,4,6-8,11,14,19,22,24-26H,3,5,9-10,12-13H2,1H3,(H,27,28)(H,29,30)/t14?,19-,22?/m0/s1. The van der Waals surface area contributed by atoms with Gasteiger partial charge < -0.3 is 21.1 Å². The van der Waals surface area contributed by atoms with Gasteiger partial charge in [0.2, 0.25) is 5.91 Å². The molecule has 0 aromatic heterocycles. The minimum absolute atomic E-state index is 0.115. The fraction of sp³-hybridized carbons (Fsp3) is 0.455. The lowest BCUT2D eigenvalue weighted by atomic mass is 9.99. The summed E-state index contributed by atoms with van der Waals surface area (Å²) in [7, 11) is 0. The Morgan fingerprint density at radius 3 is 2.90 bits per heavy atom. The fourth-order valence-electron chi connectivity index (χ4n) is 3.73. The van der Waals surface area contributed by atoms with Gasteiger partial charge in [-0.25, -0.2) is 4.39 Å². The third-order valence-electron chi connectivity index (χ3n) is 5.29. The molecule has 1 aromatic carbocycles. The molecule has 1 amide bonds. The number of allylic oxidation sites excluding steroid dienone is 2. The van der Waals surface area contributed by atoms with E-state index in [0.717, 1.165) is 25.1 Å². The van der Waals surface area contributed by atoms with Gasteiger partial charge >= 0.3 is 5.97 Å². The van der Waals surface area contributed by atoms with Crippen LogP contribution >= 0.6 is 0 Å². The fourth-order valence-corrected chi connectivity index (χ4v) is 3.73. The number of aliphatic carboxylic acids is 1. The first-order valence-corrected chi connectivity index (χ1v) is 10.3. The highest BCUT2D eigenvalue weighted by Crippen LogP contribution is 2.19. The van der Waals surface area contributed by atoms with Crippen LogP contribution < -0.4 is 21.3 Å². The first-order valence-electron chi connectivity index (χ1n) is 10.3. The largest absolute Gasteiger partial charge is 0.481 e. The summed E-state index contributed by atoms with van der Waals surface area (Å²) in [6.45, 7) is 3.49. The number of dihydropyridines is 1. The molecule has 3 rings (SSSR count). The average Bonchev–Trinajstić information content (AvgIpc) is 2.71. The van der Waals surface area contributed by atoms with E-state index in [9.17, 15) is 14.0 Å². The zero-order chi connectivity index (χ0) is 21.5. The summed E-state index contributed by atoms with van der Waals surface area (Å²) < 4.78 is 13.5. The Hall–Kier alpha value is -2.71. The first kappa shape index (κ1) is 22.0. The Balaban J connectivity index is 1.49. The van der Waals surface area contributed by atoms with Crippen molar-refractivity contribution in [2.24, 2.45) is 0 Å². The number of hydrogen-bond donors (Lipinski definition) is 5. The van der Waals surface area contributed by atoms with E-state index in [4.69, 9.17) is 5.11 Å². The van der Waals surface area contributed by atoms with Gasteiger partial charge in [0.25, 0.3) is 0 Å². The van der Waals surface area contributed by atoms with Crippen LogP contribution in [0.25, 0.3) is 0 Å². The monoisotopic (exact) mass is 416 g/mol. The van der Waals surface area contributed by atoms with Crippen LogP contribution in [0, 0.1) is 5.82 Å². The van der Waals surface area contributed by atoms with Crippen molar-refractivity contribution >= 4 is 11.9 Å². The van der Waals surface area contributed by atoms with Crippen LogP contribution in [0.1, 0.15) is 44.2 Å². The minimum atomic E-state index is -1.06. The highest BCUT2D eigenvalue weighted by Gasteiger charge is 2.22. The number of halogens is 1. The van der Waals surface area contributed by atoms with Gasteiger partial charge in [0.15, 0.2) is 0 Å². The summed E-state index contributed by atoms with van der Waals surface area (Å²) in [6.07, 6.45) is 6.51. The van der Waals surface area contributed by atoms with E-state index >= 15 is 0 Å². The van der Waals surface area contributed by atoms with Crippen molar-refractivity contribution in [2.45, 2.75) is 50.9 Å². The van der Waals surface area contributed by atoms with E-state index in [0.29, 0.717) is 12.1 Å². The number of carboxylic acids is 1. The SMILES string of the molecule is CC(CC(=O)N[C@@H](CC(=O)O)c1cccc(F)c1)NCC1=CC=C2CCCNC2N1. The maximum atomic E-state index is 13.5. The number of carbonyl (C=O) groups excluding carboxylic acids is 1. The van der Waals surface area contributed by atoms with Gasteiger partial charge in [0.1, 0.15) is 5.82 Å². The zero-order valence-electron chi connectivity index (χ0n) is 17.1. The minimum Gasteiger partial charge on any atom is -0.481 e. The Morgan fingerprint density at radius 2 is 2.13 bits per heavy atom. The molecule has 0 saturated carbocycles. The molecule has 0 spiro atoms. The number of amides is 1. The second-order valence-electron chi connectivity index (χ2n) is 7.83. The number of carbonyl (C=O) groups is 2. The predicted octanol–water partition coefficient (Wildman–Crippen LogP) is 1.95. The van der Waals surface area contributed by atoms with Gasteiger partial charge in [-0.3, -0.25) is 14.9 Å². The van der Waals surface area contributed by atoms with Crippen molar-refractivity contribution in [1.82, 2.24) is 21.3 Å². The number of carboxylic acid groups (broad SMARTS) is 1. The Kier molecular flexibility index (Phi) is 7.59. The maximum absolute atomic E-state index is 13.5. The number of nitrogens with one attached hydrogen (secondary N) is 4. The number of fused-ring (bicyclic) bond motifs is 1. The Morgan fingerprint density at radius 1 is 1.30 bits per heavy atom. The molecule has 3 atom stereocenters. The normalized spacial score (nSPS) is 20.1. The van der Waals surface area contributed by atoms with Crippen LogP contribution in [0.15, 0.2) is 47.7 Å². The Labute approximate surface area is 175 Å². The van der Waals surface area contributed by atoms with E-state index in [1.54, 1.807) is 6.07 Å². The van der Waals surface area contributed by atoms with Crippen LogP contribution in [0.2, 0.25) is 0 Å². The lowest BCUT2D eigenvalue weighted by Gasteiger charge is -2.32. The van der Waals surface area contributed by atoms with Crippen molar-refractivity contribution in [3.63, 3.8) is 0 Å². The Bertz CT molecular complexity index is 839. The van der Waals surface area contributed by atoms with E-state index in [1.165, 1.54) is 23.8 Å². The molecule has 30 heavy (non-hydrogen) atoms. The molecule has 1 saturated heterocycles. The highest BCUT2D eigenvalue weighted by molar-refractivity contribution is 5.78. The van der Waals surface area contributed by atoms with E-state index in [-0.39, 0.29) is 31.0 Å². The molecular formula is C22H29FN4O3. The molecule has 2 heterocycles. The molecule has 2 aliphatic heterocycles. The molecule has 1 fully saturated rings. The topological polar surface area (TPSA) is 102 Å². The summed E-state index contributed by atoms with van der Waals surface area (Å²) in [5, 5.41) is 22.1. The van der Waals surface area contributed by atoms with Gasteiger partial charge in [-0.15, -0.1) is 0 Å². The first-order chi connectivity index (χ1) is 14.4. The summed E-state index contributed by atoms with van der Waals surface area (Å²) in [5.41, 5.74) is 2.85. The van der Waals surface area contributed by atoms with Crippen LogP contribution in [-0.2, 0) is 9.59 Å².